The van der Waals surface area contributed by atoms with Crippen LogP contribution in [0, 0.1) is 0 Å². The number of carbonyl (C=O) groups is 1. The van der Waals surface area contributed by atoms with Gasteiger partial charge in [-0.2, -0.15) is 0 Å². The van der Waals surface area contributed by atoms with E-state index in [1.165, 1.54) is 0 Å². The molecule has 0 radical (unpaired) electrons. The third kappa shape index (κ3) is 3.62. The second-order valence-electron chi connectivity index (χ2n) is 7.09. The van der Waals surface area contributed by atoms with Crippen molar-refractivity contribution in [3.63, 3.8) is 0 Å². The van der Waals surface area contributed by atoms with Gasteiger partial charge in [0.05, 0.1) is 20.3 Å². The molecule has 0 aromatic heterocycles. The molecular weight excluding hydrogens is 378 g/mol. The summed E-state index contributed by atoms with van der Waals surface area (Å²) in [6.07, 6.45) is 0. The summed E-state index contributed by atoms with van der Waals surface area (Å²) in [4.78, 5) is 14.8. The van der Waals surface area contributed by atoms with Gasteiger partial charge in [0.2, 0.25) is 0 Å². The number of ether oxygens (including phenoxy) is 2. The molecule has 5 nitrogen and oxygen atoms in total. The number of rotatable bonds is 6. The van der Waals surface area contributed by atoms with Crippen molar-refractivity contribution in [3.8, 4) is 11.5 Å². The number of carbonyl (C=O) groups excluding carboxylic acids is 1. The molecule has 1 heterocycles. The van der Waals surface area contributed by atoms with E-state index in [1.807, 2.05) is 78.9 Å². The molecule has 30 heavy (non-hydrogen) atoms. The normalized spacial score (nSPS) is 16.1. The van der Waals surface area contributed by atoms with E-state index in [-0.39, 0.29) is 11.7 Å². The Labute approximate surface area is 175 Å². The third-order valence-corrected chi connectivity index (χ3v) is 5.33. The van der Waals surface area contributed by atoms with Crippen molar-refractivity contribution in [2.75, 3.05) is 14.2 Å². The highest BCUT2D eigenvalue weighted by Gasteiger charge is 2.40. The summed E-state index contributed by atoms with van der Waals surface area (Å²) in [7, 11) is 3.22. The van der Waals surface area contributed by atoms with Crippen molar-refractivity contribution in [3.05, 3.63) is 101 Å². The van der Waals surface area contributed by atoms with Gasteiger partial charge in [-0.15, -0.1) is 0 Å². The van der Waals surface area contributed by atoms with Gasteiger partial charge in [0.1, 0.15) is 11.5 Å². The quantitative estimate of drug-likeness (QED) is 0.647. The Morgan fingerprint density at radius 2 is 1.40 bits per heavy atom. The fourth-order valence-corrected chi connectivity index (χ4v) is 3.79. The highest BCUT2D eigenvalue weighted by molar-refractivity contribution is 6.05. The SMILES string of the molecule is COc1ccc(CN2C(=O)C(O)=C(c3ccc(OC)cc3)[C@H]2c2ccccc2)cc1. The molecule has 1 aliphatic heterocycles. The van der Waals surface area contributed by atoms with Crippen LogP contribution in [0.5, 0.6) is 11.5 Å². The molecule has 0 spiro atoms. The minimum Gasteiger partial charge on any atom is -0.503 e. The van der Waals surface area contributed by atoms with Gasteiger partial charge in [0.15, 0.2) is 5.76 Å². The molecule has 0 fully saturated rings. The number of aliphatic hydroxyl groups is 1. The molecule has 1 amide bonds. The first-order valence-corrected chi connectivity index (χ1v) is 9.68. The zero-order chi connectivity index (χ0) is 21.1. The maximum absolute atomic E-state index is 13.1. The zero-order valence-electron chi connectivity index (χ0n) is 16.9. The molecule has 3 aromatic rings. The molecular formula is C25H23NO4. The van der Waals surface area contributed by atoms with E-state index in [0.717, 1.165) is 28.2 Å². The van der Waals surface area contributed by atoms with Gasteiger partial charge in [-0.25, -0.2) is 0 Å². The molecule has 152 valence electrons. The molecule has 1 aliphatic rings. The fraction of sp³-hybridized carbons (Fsp3) is 0.160. The maximum atomic E-state index is 13.1. The Morgan fingerprint density at radius 3 is 1.97 bits per heavy atom. The van der Waals surface area contributed by atoms with Gasteiger partial charge in [-0.3, -0.25) is 4.79 Å². The predicted octanol–water partition coefficient (Wildman–Crippen LogP) is 4.76. The second kappa shape index (κ2) is 8.33. The van der Waals surface area contributed by atoms with E-state index in [9.17, 15) is 9.90 Å². The van der Waals surface area contributed by atoms with E-state index in [1.54, 1.807) is 19.1 Å². The van der Waals surface area contributed by atoms with Crippen LogP contribution in [0.4, 0.5) is 0 Å². The largest absolute Gasteiger partial charge is 0.503 e. The highest BCUT2D eigenvalue weighted by Crippen LogP contribution is 2.44. The van der Waals surface area contributed by atoms with Crippen molar-refractivity contribution in [1.29, 1.82) is 0 Å². The first-order valence-electron chi connectivity index (χ1n) is 9.68. The van der Waals surface area contributed by atoms with Gasteiger partial charge in [-0.1, -0.05) is 54.6 Å². The van der Waals surface area contributed by atoms with Gasteiger partial charge < -0.3 is 19.5 Å². The average Bonchev–Trinajstić information content (AvgIpc) is 3.05. The molecule has 0 bridgehead atoms. The first-order chi connectivity index (χ1) is 14.6. The Kier molecular flexibility index (Phi) is 5.44. The lowest BCUT2D eigenvalue weighted by Crippen LogP contribution is -2.29. The van der Waals surface area contributed by atoms with E-state index >= 15 is 0 Å². The van der Waals surface area contributed by atoms with Crippen molar-refractivity contribution in [2.45, 2.75) is 12.6 Å². The summed E-state index contributed by atoms with van der Waals surface area (Å²) in [5.74, 6) is 0.869. The summed E-state index contributed by atoms with van der Waals surface area (Å²) in [6.45, 7) is 0.367. The summed E-state index contributed by atoms with van der Waals surface area (Å²) in [5.41, 5.74) is 3.28. The van der Waals surface area contributed by atoms with Crippen molar-refractivity contribution in [2.24, 2.45) is 0 Å². The van der Waals surface area contributed by atoms with Crippen molar-refractivity contribution >= 4 is 11.5 Å². The van der Waals surface area contributed by atoms with Crippen LogP contribution in [0.15, 0.2) is 84.6 Å². The van der Waals surface area contributed by atoms with Crippen LogP contribution in [0.1, 0.15) is 22.7 Å². The summed E-state index contributed by atoms with van der Waals surface area (Å²) in [5, 5.41) is 10.8. The van der Waals surface area contributed by atoms with Crippen molar-refractivity contribution in [1.82, 2.24) is 4.90 Å². The van der Waals surface area contributed by atoms with Crippen LogP contribution < -0.4 is 9.47 Å². The second-order valence-corrected chi connectivity index (χ2v) is 7.09. The molecule has 5 heteroatoms. The van der Waals surface area contributed by atoms with E-state index in [2.05, 4.69) is 0 Å². The zero-order valence-corrected chi connectivity index (χ0v) is 16.9. The number of hydrogen-bond acceptors (Lipinski definition) is 4. The molecule has 4 rings (SSSR count). The van der Waals surface area contributed by atoms with Crippen LogP contribution in [0.25, 0.3) is 5.57 Å². The number of benzene rings is 3. The summed E-state index contributed by atoms with van der Waals surface area (Å²) < 4.78 is 10.5. The highest BCUT2D eigenvalue weighted by atomic mass is 16.5. The predicted molar refractivity (Wildman–Crippen MR) is 115 cm³/mol. The maximum Gasteiger partial charge on any atom is 0.290 e. The Hall–Kier alpha value is -3.73. The van der Waals surface area contributed by atoms with E-state index < -0.39 is 6.04 Å². The smallest absolute Gasteiger partial charge is 0.290 e. The van der Waals surface area contributed by atoms with Gasteiger partial charge in [0, 0.05) is 12.1 Å². The monoisotopic (exact) mass is 401 g/mol. The minimum atomic E-state index is -0.394. The lowest BCUT2D eigenvalue weighted by molar-refractivity contribution is -0.130. The topological polar surface area (TPSA) is 59.0 Å². The minimum absolute atomic E-state index is 0.220. The number of aliphatic hydroxyl groups excluding tert-OH is 1. The average molecular weight is 401 g/mol. The molecule has 0 saturated carbocycles. The fourth-order valence-electron chi connectivity index (χ4n) is 3.79. The lowest BCUT2D eigenvalue weighted by Gasteiger charge is -2.27. The van der Waals surface area contributed by atoms with Crippen LogP contribution in [0.3, 0.4) is 0 Å². The Bertz CT molecular complexity index is 1060. The number of methoxy groups -OCH3 is 2. The molecule has 0 unspecified atom stereocenters. The van der Waals surface area contributed by atoms with E-state index in [0.29, 0.717) is 12.1 Å². The molecule has 0 aliphatic carbocycles. The van der Waals surface area contributed by atoms with Crippen LogP contribution in [-0.4, -0.2) is 30.1 Å². The van der Waals surface area contributed by atoms with Crippen LogP contribution in [-0.2, 0) is 11.3 Å². The van der Waals surface area contributed by atoms with Gasteiger partial charge in [-0.05, 0) is 41.0 Å². The molecule has 0 saturated heterocycles. The summed E-state index contributed by atoms with van der Waals surface area (Å²) >= 11 is 0. The summed E-state index contributed by atoms with van der Waals surface area (Å²) in [6, 6.07) is 24.3. The number of amides is 1. The number of nitrogens with zero attached hydrogens (tertiary/aromatic N) is 1. The Morgan fingerprint density at radius 1 is 0.833 bits per heavy atom. The third-order valence-electron chi connectivity index (χ3n) is 5.33. The standard InChI is InChI=1S/C25H23NO4/c1-29-20-12-8-17(9-13-20)16-26-23(19-6-4-3-5-7-19)22(24(27)25(26)28)18-10-14-21(30-2)15-11-18/h3-15,23,27H,16H2,1-2H3/t23-/m1/s1. The lowest BCUT2D eigenvalue weighted by atomic mass is 9.93. The van der Waals surface area contributed by atoms with E-state index in [4.69, 9.17) is 9.47 Å². The Balaban J connectivity index is 1.75. The molecule has 3 aromatic carbocycles. The van der Waals surface area contributed by atoms with Crippen LogP contribution >= 0.6 is 0 Å². The molecule has 1 atom stereocenters. The molecule has 1 N–H and O–H groups in total. The van der Waals surface area contributed by atoms with Crippen molar-refractivity contribution < 1.29 is 19.4 Å². The van der Waals surface area contributed by atoms with Crippen LogP contribution in [0.2, 0.25) is 0 Å². The number of hydrogen-bond donors (Lipinski definition) is 1. The van der Waals surface area contributed by atoms with Gasteiger partial charge in [0.25, 0.3) is 5.91 Å². The van der Waals surface area contributed by atoms with Gasteiger partial charge >= 0.3 is 0 Å². The first kappa shape index (κ1) is 19.6.